The normalized spacial score (nSPS) is 17.8. The molecule has 3 aromatic rings. The van der Waals surface area contributed by atoms with Crippen molar-refractivity contribution in [3.63, 3.8) is 0 Å². The van der Waals surface area contributed by atoms with Crippen LogP contribution < -0.4 is 0 Å². The Hall–Kier alpha value is -5.60. The van der Waals surface area contributed by atoms with Crippen LogP contribution in [-0.4, -0.2) is 125 Å². The van der Waals surface area contributed by atoms with Crippen LogP contribution in [0.25, 0.3) is 0 Å². The minimum Gasteiger partial charge on any atom is -0.464 e. The molecule has 0 aliphatic heterocycles. The van der Waals surface area contributed by atoms with E-state index in [0.717, 1.165) is 82.6 Å². The lowest BCUT2D eigenvalue weighted by Crippen LogP contribution is -2.36. The summed E-state index contributed by atoms with van der Waals surface area (Å²) in [6.45, 7) is 3.21. The van der Waals surface area contributed by atoms with E-state index in [0.29, 0.717) is 68.8 Å². The van der Waals surface area contributed by atoms with Crippen molar-refractivity contribution in [1.29, 1.82) is 0 Å². The lowest BCUT2D eigenvalue weighted by molar-refractivity contribution is -0.151. The van der Waals surface area contributed by atoms with E-state index in [2.05, 4.69) is 0 Å². The summed E-state index contributed by atoms with van der Waals surface area (Å²) in [7, 11) is 0. The Morgan fingerprint density at radius 3 is 1.10 bits per heavy atom. The summed E-state index contributed by atoms with van der Waals surface area (Å²) in [6.07, 6.45) is 12.9. The van der Waals surface area contributed by atoms with Crippen LogP contribution in [0, 0.1) is 17.8 Å². The fourth-order valence-corrected chi connectivity index (χ4v) is 9.31. The first-order valence-corrected chi connectivity index (χ1v) is 24.9. The maximum Gasteiger partial charge on any atom is 0.338 e. The molecule has 0 saturated heterocycles. The van der Waals surface area contributed by atoms with Crippen LogP contribution in [-0.2, 0) is 42.8 Å². The molecule has 14 heteroatoms. The van der Waals surface area contributed by atoms with E-state index in [1.165, 1.54) is 0 Å². The molecule has 0 spiro atoms. The Morgan fingerprint density at radius 2 is 0.706 bits per heavy atom. The summed E-state index contributed by atoms with van der Waals surface area (Å²) in [5, 5.41) is 0. The van der Waals surface area contributed by atoms with E-state index in [-0.39, 0.29) is 81.2 Å². The number of esters is 6. The fourth-order valence-electron chi connectivity index (χ4n) is 9.31. The second-order valence-corrected chi connectivity index (χ2v) is 18.2. The number of nitrogens with zero attached hydrogens (tertiary/aromatic N) is 2. The van der Waals surface area contributed by atoms with Crippen LogP contribution >= 0.6 is 0 Å². The van der Waals surface area contributed by atoms with Gasteiger partial charge in [-0.1, -0.05) is 87.1 Å². The molecule has 0 unspecified atom stereocenters. The van der Waals surface area contributed by atoms with Crippen molar-refractivity contribution in [1.82, 2.24) is 9.80 Å². The molecule has 3 fully saturated rings. The molecule has 3 aromatic carbocycles. The number of hydrogen-bond donors (Lipinski definition) is 0. The number of rotatable bonds is 25. The maximum absolute atomic E-state index is 13.3. The summed E-state index contributed by atoms with van der Waals surface area (Å²) in [5.74, 6) is -1.99. The molecule has 0 bridgehead atoms. The van der Waals surface area contributed by atoms with Gasteiger partial charge in [-0.15, -0.1) is 0 Å². The summed E-state index contributed by atoms with van der Waals surface area (Å²) in [5.41, 5.74) is 2.34. The number of carbonyl (C=O) groups is 6. The van der Waals surface area contributed by atoms with Crippen molar-refractivity contribution in [2.24, 2.45) is 17.8 Å². The minimum atomic E-state index is -0.464. The molecule has 14 nitrogen and oxygen atoms in total. The lowest BCUT2D eigenvalue weighted by Gasteiger charge is -2.28. The smallest absolute Gasteiger partial charge is 0.338 e. The monoisotopic (exact) mass is 938 g/mol. The molecule has 3 aliphatic carbocycles. The number of carbonyl (C=O) groups excluding carboxylic acids is 6. The van der Waals surface area contributed by atoms with Crippen molar-refractivity contribution >= 4 is 35.8 Å². The van der Waals surface area contributed by atoms with Gasteiger partial charge in [0, 0.05) is 39.3 Å². The predicted molar refractivity (Wildman–Crippen MR) is 254 cm³/mol. The van der Waals surface area contributed by atoms with E-state index < -0.39 is 17.9 Å². The van der Waals surface area contributed by atoms with E-state index in [9.17, 15) is 28.8 Å². The van der Waals surface area contributed by atoms with E-state index in [1.54, 1.807) is 54.6 Å². The third-order valence-corrected chi connectivity index (χ3v) is 13.4. The first kappa shape index (κ1) is 51.8. The quantitative estimate of drug-likeness (QED) is 0.0589. The Kier molecular flexibility index (Phi) is 21.8. The molecular weight excluding hydrogens is 869 g/mol. The molecule has 0 amide bonds. The zero-order valence-electron chi connectivity index (χ0n) is 39.6. The van der Waals surface area contributed by atoms with Gasteiger partial charge in [-0.2, -0.15) is 0 Å². The van der Waals surface area contributed by atoms with Crippen LogP contribution in [0.15, 0.2) is 84.9 Å². The molecule has 368 valence electrons. The van der Waals surface area contributed by atoms with Crippen LogP contribution in [0.4, 0.5) is 0 Å². The number of hydrogen-bond acceptors (Lipinski definition) is 14. The highest BCUT2D eigenvalue weighted by Crippen LogP contribution is 2.36. The van der Waals surface area contributed by atoms with Gasteiger partial charge in [-0.25, -0.2) is 14.4 Å². The van der Waals surface area contributed by atoms with Gasteiger partial charge in [-0.05, 0) is 99.2 Å². The summed E-state index contributed by atoms with van der Waals surface area (Å²) in [6, 6.07) is 24.9. The molecule has 3 saturated carbocycles. The highest BCUT2D eigenvalue weighted by atomic mass is 16.6. The van der Waals surface area contributed by atoms with Gasteiger partial charge in [0.25, 0.3) is 0 Å². The molecule has 0 radical (unpaired) electrons. The number of benzene rings is 3. The molecule has 0 atom stereocenters. The topological polar surface area (TPSA) is 164 Å². The Balaban J connectivity index is 0.920. The average molecular weight is 939 g/mol. The van der Waals surface area contributed by atoms with Crippen molar-refractivity contribution in [3.8, 4) is 0 Å². The van der Waals surface area contributed by atoms with Gasteiger partial charge >= 0.3 is 35.8 Å². The number of ether oxygens (including phenoxy) is 6. The summed E-state index contributed by atoms with van der Waals surface area (Å²) in [4.78, 5) is 80.9. The minimum absolute atomic E-state index is 0.0328. The highest BCUT2D eigenvalue weighted by Gasteiger charge is 2.29. The molecule has 68 heavy (non-hydrogen) atoms. The van der Waals surface area contributed by atoms with Gasteiger partial charge in [0.2, 0.25) is 0 Å². The van der Waals surface area contributed by atoms with E-state index >= 15 is 0 Å². The largest absolute Gasteiger partial charge is 0.464 e. The Bertz CT molecular complexity index is 1930. The van der Waals surface area contributed by atoms with Gasteiger partial charge in [-0.3, -0.25) is 24.2 Å². The Morgan fingerprint density at radius 1 is 0.368 bits per heavy atom. The van der Waals surface area contributed by atoms with Gasteiger partial charge in [0.15, 0.2) is 0 Å². The Labute approximate surface area is 401 Å². The van der Waals surface area contributed by atoms with Crippen molar-refractivity contribution in [2.75, 3.05) is 78.9 Å². The molecule has 3 aliphatic rings. The zero-order valence-corrected chi connectivity index (χ0v) is 39.6. The molecule has 0 N–H and O–H groups in total. The van der Waals surface area contributed by atoms with Crippen LogP contribution in [0.2, 0.25) is 0 Å². The first-order chi connectivity index (χ1) is 33.2. The van der Waals surface area contributed by atoms with Crippen LogP contribution in [0.1, 0.15) is 132 Å². The van der Waals surface area contributed by atoms with Crippen molar-refractivity contribution < 1.29 is 57.2 Å². The standard InChI is InChI=1S/C54H70N2O12/c57-49(42-14-5-1-6-15-42)63-34-28-55(29-35-64-50(58)43-16-7-2-8-17-43)32-38-67-53(61)46-26-24-41(25-27-46)47-22-13-23-48(40-47)54(62)68-39-33-56(30-36-65-51(59)44-18-9-3-10-19-44)31-37-66-52(60)45-20-11-4-12-21-45/h3-4,9-13,18-23,40-43,46H,1-2,5-8,14-17,24-39H2. The van der Waals surface area contributed by atoms with Gasteiger partial charge in [0.1, 0.15) is 39.6 Å². The fraction of sp³-hybridized carbons (Fsp3) is 0.556. The van der Waals surface area contributed by atoms with Gasteiger partial charge < -0.3 is 28.4 Å². The first-order valence-electron chi connectivity index (χ1n) is 24.9. The SMILES string of the molecule is O=C(OCCN(CCOC(=O)c1ccccc1)CCOC(=O)c1cccc(C2CCC(C(=O)OCCN(CCOC(=O)C3CCCCC3)CCOC(=O)C3CCCCC3)CC2)c1)c1ccccc1. The third kappa shape index (κ3) is 17.5. The molecule has 6 rings (SSSR count). The van der Waals surface area contributed by atoms with Crippen molar-refractivity contribution in [2.45, 2.75) is 95.8 Å². The lowest BCUT2D eigenvalue weighted by atomic mass is 9.78. The molecular formula is C54H70N2O12. The second kappa shape index (κ2) is 28.7. The van der Waals surface area contributed by atoms with Crippen LogP contribution in [0.3, 0.4) is 0 Å². The molecule has 0 aromatic heterocycles. The summed E-state index contributed by atoms with van der Waals surface area (Å²) >= 11 is 0. The second-order valence-electron chi connectivity index (χ2n) is 18.2. The summed E-state index contributed by atoms with van der Waals surface area (Å²) < 4.78 is 33.8. The van der Waals surface area contributed by atoms with E-state index in [4.69, 9.17) is 28.4 Å². The van der Waals surface area contributed by atoms with Crippen molar-refractivity contribution in [3.05, 3.63) is 107 Å². The predicted octanol–water partition coefficient (Wildman–Crippen LogP) is 8.23. The average Bonchev–Trinajstić information content (AvgIpc) is 3.39. The highest BCUT2D eigenvalue weighted by molar-refractivity contribution is 5.90. The third-order valence-electron chi connectivity index (χ3n) is 13.4. The zero-order chi connectivity index (χ0) is 47.8. The van der Waals surface area contributed by atoms with Crippen LogP contribution in [0.5, 0.6) is 0 Å². The maximum atomic E-state index is 13.3. The van der Waals surface area contributed by atoms with E-state index in [1.807, 2.05) is 40.1 Å². The molecule has 0 heterocycles. The van der Waals surface area contributed by atoms with Gasteiger partial charge in [0.05, 0.1) is 34.4 Å².